The number of carbonyl (C=O) groups excluding carboxylic acids is 1. The van der Waals surface area contributed by atoms with E-state index >= 15 is 0 Å². The minimum absolute atomic E-state index is 0.0510. The summed E-state index contributed by atoms with van der Waals surface area (Å²) in [6, 6.07) is 12.4. The molecule has 0 bridgehead atoms. The van der Waals surface area contributed by atoms with Gasteiger partial charge in [-0.3, -0.25) is 4.79 Å². The fraction of sp³-hybridized carbons (Fsp3) is 0.435. The van der Waals surface area contributed by atoms with E-state index in [2.05, 4.69) is 10.2 Å². The molecule has 1 amide bonds. The largest absolute Gasteiger partial charge is 0.493 e. The average molecular weight is 398 g/mol. The van der Waals surface area contributed by atoms with E-state index < -0.39 is 5.60 Å². The van der Waals surface area contributed by atoms with E-state index in [0.29, 0.717) is 31.4 Å². The van der Waals surface area contributed by atoms with Gasteiger partial charge in [-0.15, -0.1) is 0 Å². The molecule has 1 saturated heterocycles. The van der Waals surface area contributed by atoms with Gasteiger partial charge in [-0.05, 0) is 43.4 Å². The number of aryl methyl sites for hydroxylation is 1. The van der Waals surface area contributed by atoms with Crippen LogP contribution in [0.2, 0.25) is 0 Å². The molecule has 0 spiro atoms. The number of ether oxygens (including phenoxy) is 1. The Kier molecular flexibility index (Phi) is 5.83. The fourth-order valence-electron chi connectivity index (χ4n) is 4.17. The highest BCUT2D eigenvalue weighted by atomic mass is 19.1. The molecule has 2 N–H and O–H groups in total. The first-order chi connectivity index (χ1) is 14.0. The van der Waals surface area contributed by atoms with Crippen molar-refractivity contribution in [1.82, 2.24) is 4.90 Å². The van der Waals surface area contributed by atoms with E-state index in [1.54, 1.807) is 18.2 Å². The Bertz CT molecular complexity index is 878. The first-order valence-electron chi connectivity index (χ1n) is 10.3. The van der Waals surface area contributed by atoms with Crippen LogP contribution < -0.4 is 10.1 Å². The van der Waals surface area contributed by atoms with Gasteiger partial charge in [0.15, 0.2) is 0 Å². The van der Waals surface area contributed by atoms with Crippen LogP contribution in [0, 0.1) is 5.82 Å². The number of likely N-dealkylation sites (tertiary alicyclic amines) is 1. The van der Waals surface area contributed by atoms with Crippen molar-refractivity contribution in [3.8, 4) is 5.75 Å². The maximum atomic E-state index is 14.0. The summed E-state index contributed by atoms with van der Waals surface area (Å²) in [5, 5.41) is 13.7. The monoisotopic (exact) mass is 398 g/mol. The molecule has 154 valence electrons. The zero-order valence-electron chi connectivity index (χ0n) is 16.5. The van der Waals surface area contributed by atoms with Crippen LogP contribution in [-0.4, -0.2) is 42.2 Å². The van der Waals surface area contributed by atoms with E-state index in [-0.39, 0.29) is 11.7 Å². The number of benzene rings is 2. The number of nitrogens with one attached hydrogen (secondary N) is 1. The zero-order valence-corrected chi connectivity index (χ0v) is 16.5. The van der Waals surface area contributed by atoms with Gasteiger partial charge in [-0.1, -0.05) is 24.3 Å². The molecular weight excluding hydrogens is 371 g/mol. The van der Waals surface area contributed by atoms with Crippen LogP contribution in [0.15, 0.2) is 42.5 Å². The second kappa shape index (κ2) is 8.51. The molecule has 29 heavy (non-hydrogen) atoms. The molecule has 0 unspecified atom stereocenters. The first kappa shape index (κ1) is 19.9. The Labute approximate surface area is 170 Å². The predicted molar refractivity (Wildman–Crippen MR) is 109 cm³/mol. The fourth-order valence-corrected chi connectivity index (χ4v) is 4.17. The van der Waals surface area contributed by atoms with Gasteiger partial charge in [0.05, 0.1) is 12.2 Å². The number of amides is 1. The average Bonchev–Trinajstić information content (AvgIpc) is 2.72. The minimum Gasteiger partial charge on any atom is -0.493 e. The lowest BCUT2D eigenvalue weighted by Gasteiger charge is -2.38. The number of hydrogen-bond donors (Lipinski definition) is 2. The molecule has 0 aromatic heterocycles. The molecule has 2 heterocycles. The van der Waals surface area contributed by atoms with Crippen LogP contribution in [0.1, 0.15) is 36.8 Å². The van der Waals surface area contributed by atoms with Crippen LogP contribution in [0.25, 0.3) is 0 Å². The Morgan fingerprint density at radius 2 is 1.93 bits per heavy atom. The molecule has 2 aromatic rings. The van der Waals surface area contributed by atoms with Crippen LogP contribution in [-0.2, 0) is 16.8 Å². The number of aliphatic hydroxyl groups is 1. The van der Waals surface area contributed by atoms with Gasteiger partial charge in [0.1, 0.15) is 11.6 Å². The number of nitrogens with zero attached hydrogens (tertiary/aromatic N) is 1. The van der Waals surface area contributed by atoms with E-state index in [4.69, 9.17) is 4.74 Å². The molecule has 0 radical (unpaired) electrons. The number of fused-ring (bicyclic) bond motifs is 1. The molecule has 1 fully saturated rings. The van der Waals surface area contributed by atoms with Crippen molar-refractivity contribution in [2.24, 2.45) is 0 Å². The van der Waals surface area contributed by atoms with Crippen molar-refractivity contribution >= 4 is 11.6 Å². The van der Waals surface area contributed by atoms with Crippen LogP contribution >= 0.6 is 0 Å². The molecule has 2 aliphatic heterocycles. The van der Waals surface area contributed by atoms with Crippen molar-refractivity contribution in [3.05, 3.63) is 59.4 Å². The van der Waals surface area contributed by atoms with Gasteiger partial charge in [0.2, 0.25) is 5.91 Å². The van der Waals surface area contributed by atoms with E-state index in [1.807, 2.05) is 18.2 Å². The van der Waals surface area contributed by atoms with Gasteiger partial charge in [0.25, 0.3) is 0 Å². The number of piperidine rings is 1. The van der Waals surface area contributed by atoms with Gasteiger partial charge < -0.3 is 20.1 Å². The number of halogens is 1. The van der Waals surface area contributed by atoms with Crippen molar-refractivity contribution in [2.75, 3.05) is 31.6 Å². The first-order valence-corrected chi connectivity index (χ1v) is 10.3. The van der Waals surface area contributed by atoms with E-state index in [1.165, 1.54) is 6.07 Å². The molecular formula is C23H27FN2O3. The molecule has 5 nitrogen and oxygen atoms in total. The summed E-state index contributed by atoms with van der Waals surface area (Å²) >= 11 is 0. The van der Waals surface area contributed by atoms with Gasteiger partial charge in [0, 0.05) is 43.4 Å². The zero-order chi connectivity index (χ0) is 20.3. The Morgan fingerprint density at radius 3 is 2.72 bits per heavy atom. The highest BCUT2D eigenvalue weighted by molar-refractivity contribution is 5.94. The molecule has 6 heteroatoms. The molecule has 0 saturated carbocycles. The minimum atomic E-state index is -1.08. The quantitative estimate of drug-likeness (QED) is 0.732. The summed E-state index contributed by atoms with van der Waals surface area (Å²) in [5.41, 5.74) is 1.32. The number of anilines is 1. The maximum Gasteiger partial charge on any atom is 0.224 e. The Balaban J connectivity index is 1.22. The Morgan fingerprint density at radius 1 is 1.14 bits per heavy atom. The number of rotatable bonds is 6. The summed E-state index contributed by atoms with van der Waals surface area (Å²) < 4.78 is 19.9. The third kappa shape index (κ3) is 4.60. The van der Waals surface area contributed by atoms with Crippen LogP contribution in [0.5, 0.6) is 5.75 Å². The van der Waals surface area contributed by atoms with Crippen molar-refractivity contribution in [3.63, 3.8) is 0 Å². The summed E-state index contributed by atoms with van der Waals surface area (Å²) in [6.07, 6.45) is 3.23. The van der Waals surface area contributed by atoms with Crippen LogP contribution in [0.3, 0.4) is 0 Å². The lowest BCUT2D eigenvalue weighted by atomic mass is 9.84. The van der Waals surface area contributed by atoms with Gasteiger partial charge in [-0.2, -0.15) is 0 Å². The van der Waals surface area contributed by atoms with Crippen molar-refractivity contribution < 1.29 is 19.0 Å². The summed E-state index contributed by atoms with van der Waals surface area (Å²) in [7, 11) is 0. The lowest BCUT2D eigenvalue weighted by Crippen LogP contribution is -2.43. The third-order valence-corrected chi connectivity index (χ3v) is 5.92. The molecule has 2 aromatic carbocycles. The highest BCUT2D eigenvalue weighted by Gasteiger charge is 2.35. The normalized spacial score (nSPS) is 18.8. The van der Waals surface area contributed by atoms with Crippen LogP contribution in [0.4, 0.5) is 10.1 Å². The smallest absolute Gasteiger partial charge is 0.224 e. The predicted octanol–water partition coefficient (Wildman–Crippen LogP) is 3.46. The second-order valence-corrected chi connectivity index (χ2v) is 7.92. The standard InChI is InChI=1S/C23H27FN2O3/c24-20-5-2-1-4-19(20)23(28)10-13-26(14-11-23)12-3-15-29-18-8-6-17-7-9-22(27)25-21(17)16-18/h1-2,4-6,8,16,28H,3,7,9-15H2,(H,25,27). The van der Waals surface area contributed by atoms with Crippen molar-refractivity contribution in [2.45, 2.75) is 37.7 Å². The summed E-state index contributed by atoms with van der Waals surface area (Å²) in [5.74, 6) is 0.478. The molecule has 2 aliphatic rings. The van der Waals surface area contributed by atoms with Gasteiger partial charge in [-0.25, -0.2) is 4.39 Å². The topological polar surface area (TPSA) is 61.8 Å². The van der Waals surface area contributed by atoms with E-state index in [0.717, 1.165) is 49.5 Å². The second-order valence-electron chi connectivity index (χ2n) is 7.92. The number of carbonyl (C=O) groups is 1. The number of hydrogen-bond acceptors (Lipinski definition) is 4. The third-order valence-electron chi connectivity index (χ3n) is 5.92. The molecule has 0 atom stereocenters. The van der Waals surface area contributed by atoms with Crippen molar-refractivity contribution in [1.29, 1.82) is 0 Å². The summed E-state index contributed by atoms with van der Waals surface area (Å²) in [6.45, 7) is 2.92. The van der Waals surface area contributed by atoms with E-state index in [9.17, 15) is 14.3 Å². The van der Waals surface area contributed by atoms with Gasteiger partial charge >= 0.3 is 0 Å². The molecule has 0 aliphatic carbocycles. The molecule has 4 rings (SSSR count). The lowest BCUT2D eigenvalue weighted by molar-refractivity contribution is -0.116. The Hall–Kier alpha value is -2.44. The maximum absolute atomic E-state index is 14.0. The highest BCUT2D eigenvalue weighted by Crippen LogP contribution is 2.34. The SMILES string of the molecule is O=C1CCc2ccc(OCCCN3CCC(O)(c4ccccc4F)CC3)cc2N1. The summed E-state index contributed by atoms with van der Waals surface area (Å²) in [4.78, 5) is 13.8.